The summed E-state index contributed by atoms with van der Waals surface area (Å²) >= 11 is 0. The van der Waals surface area contributed by atoms with E-state index in [0.717, 1.165) is 12.8 Å². The van der Waals surface area contributed by atoms with Crippen LogP contribution in [0.25, 0.3) is 0 Å². The number of halogens is 1. The Bertz CT molecular complexity index is 218. The van der Waals surface area contributed by atoms with Crippen molar-refractivity contribution in [2.75, 3.05) is 0 Å². The number of allylic oxidation sites excluding steroid dienone is 2. The van der Waals surface area contributed by atoms with Gasteiger partial charge < -0.3 is 4.74 Å². The Morgan fingerprint density at radius 3 is 2.58 bits per heavy atom. The first kappa shape index (κ1) is 7.99. The van der Waals surface area contributed by atoms with Crippen LogP contribution in [0.2, 0.25) is 0 Å². The van der Waals surface area contributed by atoms with Gasteiger partial charge in [-0.15, -0.1) is 0 Å². The van der Waals surface area contributed by atoms with Crippen LogP contribution in [-0.2, 0) is 4.74 Å². The van der Waals surface area contributed by atoms with Crippen molar-refractivity contribution in [2.45, 2.75) is 31.2 Å². The molecular formula is C10H12FO. The molecule has 1 fully saturated rings. The average molecular weight is 167 g/mol. The number of hydrogen-bond donors (Lipinski definition) is 0. The summed E-state index contributed by atoms with van der Waals surface area (Å²) < 4.78 is 18.9. The first-order valence-corrected chi connectivity index (χ1v) is 4.36. The van der Waals surface area contributed by atoms with Gasteiger partial charge in [0, 0.05) is 0 Å². The third-order valence-corrected chi connectivity index (χ3v) is 2.27. The van der Waals surface area contributed by atoms with E-state index < -0.39 is 5.85 Å². The minimum Gasteiger partial charge on any atom is -0.339 e. The predicted octanol–water partition coefficient (Wildman–Crippen LogP) is 2.55. The summed E-state index contributed by atoms with van der Waals surface area (Å²) in [5, 5.41) is 0. The Morgan fingerprint density at radius 1 is 1.25 bits per heavy atom. The zero-order valence-corrected chi connectivity index (χ0v) is 6.87. The van der Waals surface area contributed by atoms with Crippen LogP contribution in [0.15, 0.2) is 24.3 Å². The molecule has 12 heavy (non-hydrogen) atoms. The van der Waals surface area contributed by atoms with Crippen molar-refractivity contribution < 1.29 is 9.13 Å². The van der Waals surface area contributed by atoms with Gasteiger partial charge in [0.15, 0.2) is 0 Å². The van der Waals surface area contributed by atoms with Crippen molar-refractivity contribution in [1.82, 2.24) is 0 Å². The smallest absolute Gasteiger partial charge is 0.236 e. The van der Waals surface area contributed by atoms with Crippen molar-refractivity contribution in [3.63, 3.8) is 0 Å². The minimum atomic E-state index is -1.64. The molecule has 1 atom stereocenters. The molecule has 2 rings (SSSR count). The van der Waals surface area contributed by atoms with Crippen LogP contribution in [0, 0.1) is 6.42 Å². The van der Waals surface area contributed by atoms with Crippen molar-refractivity contribution in [1.29, 1.82) is 0 Å². The van der Waals surface area contributed by atoms with Gasteiger partial charge in [0.1, 0.15) is 0 Å². The van der Waals surface area contributed by atoms with E-state index in [1.807, 2.05) is 0 Å². The first-order valence-electron chi connectivity index (χ1n) is 4.36. The molecule has 1 saturated carbocycles. The maximum atomic E-state index is 13.6. The second-order valence-corrected chi connectivity index (χ2v) is 3.28. The predicted molar refractivity (Wildman–Crippen MR) is 45.1 cm³/mol. The molecule has 0 aromatic heterocycles. The average Bonchev–Trinajstić information content (AvgIpc) is 1.99. The van der Waals surface area contributed by atoms with Crippen LogP contribution in [-0.4, -0.2) is 12.0 Å². The van der Waals surface area contributed by atoms with Gasteiger partial charge in [-0.2, -0.15) is 0 Å². The molecular weight excluding hydrogens is 155 g/mol. The van der Waals surface area contributed by atoms with E-state index in [-0.39, 0.29) is 6.10 Å². The summed E-state index contributed by atoms with van der Waals surface area (Å²) in [5.41, 5.74) is 0. The van der Waals surface area contributed by atoms with Crippen molar-refractivity contribution in [3.05, 3.63) is 30.7 Å². The Kier molecular flexibility index (Phi) is 2.01. The van der Waals surface area contributed by atoms with Gasteiger partial charge in [-0.25, -0.2) is 4.39 Å². The van der Waals surface area contributed by atoms with E-state index in [0.29, 0.717) is 0 Å². The lowest BCUT2D eigenvalue weighted by Crippen LogP contribution is -2.34. The first-order chi connectivity index (χ1) is 5.79. The summed E-state index contributed by atoms with van der Waals surface area (Å²) in [5.74, 6) is -1.64. The van der Waals surface area contributed by atoms with Gasteiger partial charge >= 0.3 is 0 Å². The zero-order chi connectivity index (χ0) is 8.44. The molecule has 0 saturated heterocycles. The van der Waals surface area contributed by atoms with E-state index in [9.17, 15) is 4.39 Å². The molecule has 2 aliphatic rings. The molecule has 1 radical (unpaired) electrons. The molecule has 1 unspecified atom stereocenters. The van der Waals surface area contributed by atoms with Gasteiger partial charge in [-0.3, -0.25) is 0 Å². The number of alkyl halides is 1. The van der Waals surface area contributed by atoms with Crippen molar-refractivity contribution >= 4 is 0 Å². The molecule has 65 valence electrons. The maximum Gasteiger partial charge on any atom is 0.236 e. The topological polar surface area (TPSA) is 9.23 Å². The number of ether oxygens (including phenoxy) is 1. The molecule has 0 aromatic rings. The lowest BCUT2D eigenvalue weighted by molar-refractivity contribution is -0.144. The van der Waals surface area contributed by atoms with Gasteiger partial charge in [0.05, 0.1) is 12.5 Å². The van der Waals surface area contributed by atoms with Gasteiger partial charge in [-0.1, -0.05) is 18.2 Å². The summed E-state index contributed by atoms with van der Waals surface area (Å²) in [6.45, 7) is 0. The Morgan fingerprint density at radius 2 is 2.08 bits per heavy atom. The van der Waals surface area contributed by atoms with Crippen LogP contribution in [0.4, 0.5) is 4.39 Å². The molecule has 1 nitrogen and oxygen atoms in total. The van der Waals surface area contributed by atoms with Crippen LogP contribution < -0.4 is 0 Å². The molecule has 0 spiro atoms. The Balaban J connectivity index is 1.91. The van der Waals surface area contributed by atoms with Crippen LogP contribution >= 0.6 is 0 Å². The second-order valence-electron chi connectivity index (χ2n) is 3.28. The Labute approximate surface area is 71.9 Å². The highest BCUT2D eigenvalue weighted by Gasteiger charge is 2.33. The fourth-order valence-corrected chi connectivity index (χ4v) is 1.32. The minimum absolute atomic E-state index is 0.127. The van der Waals surface area contributed by atoms with Crippen LogP contribution in [0.1, 0.15) is 19.3 Å². The largest absolute Gasteiger partial charge is 0.339 e. The molecule has 2 aliphatic carbocycles. The molecule has 0 bridgehead atoms. The third-order valence-electron chi connectivity index (χ3n) is 2.27. The molecule has 0 heterocycles. The Hall–Kier alpha value is -0.630. The third kappa shape index (κ3) is 1.58. The standard InChI is InChI=1S/C10H12FO/c11-10(7-2-1-3-8-10)12-9-5-4-6-9/h1-3,7-9H,4-6H2. The van der Waals surface area contributed by atoms with Crippen molar-refractivity contribution in [2.24, 2.45) is 0 Å². The van der Waals surface area contributed by atoms with E-state index in [4.69, 9.17) is 4.74 Å². The summed E-state index contributed by atoms with van der Waals surface area (Å²) in [7, 11) is 0. The van der Waals surface area contributed by atoms with Crippen LogP contribution in [0.3, 0.4) is 0 Å². The lowest BCUT2D eigenvalue weighted by Gasteiger charge is -2.33. The van der Waals surface area contributed by atoms with Gasteiger partial charge in [0.2, 0.25) is 5.85 Å². The van der Waals surface area contributed by atoms with Gasteiger partial charge in [-0.05, 0) is 25.3 Å². The fraction of sp³-hybridized carbons (Fsp3) is 0.500. The van der Waals surface area contributed by atoms with E-state index in [2.05, 4.69) is 0 Å². The molecule has 2 heteroatoms. The lowest BCUT2D eigenvalue weighted by atomic mass is 9.95. The molecule has 0 amide bonds. The van der Waals surface area contributed by atoms with Gasteiger partial charge in [0.25, 0.3) is 0 Å². The SMILES string of the molecule is FC1(OC2CCC2)[CH]C=CC=C1. The zero-order valence-electron chi connectivity index (χ0n) is 6.87. The van der Waals surface area contributed by atoms with Crippen molar-refractivity contribution in [3.8, 4) is 0 Å². The maximum absolute atomic E-state index is 13.6. The quantitative estimate of drug-likeness (QED) is 0.614. The molecule has 0 aliphatic heterocycles. The summed E-state index contributed by atoms with van der Waals surface area (Å²) in [6, 6.07) is 0. The van der Waals surface area contributed by atoms with E-state index in [1.165, 1.54) is 18.9 Å². The van der Waals surface area contributed by atoms with Crippen LogP contribution in [0.5, 0.6) is 0 Å². The highest BCUT2D eigenvalue weighted by molar-refractivity contribution is 5.24. The summed E-state index contributed by atoms with van der Waals surface area (Å²) in [4.78, 5) is 0. The highest BCUT2D eigenvalue weighted by Crippen LogP contribution is 2.31. The number of hydrogen-bond acceptors (Lipinski definition) is 1. The number of rotatable bonds is 2. The van der Waals surface area contributed by atoms with E-state index in [1.54, 1.807) is 18.2 Å². The summed E-state index contributed by atoms with van der Waals surface area (Å²) in [6.07, 6.45) is 11.3. The monoisotopic (exact) mass is 167 g/mol. The second kappa shape index (κ2) is 3.02. The molecule has 0 aromatic carbocycles. The van der Waals surface area contributed by atoms with E-state index >= 15 is 0 Å². The molecule has 0 N–H and O–H groups in total. The fourth-order valence-electron chi connectivity index (χ4n) is 1.32. The highest BCUT2D eigenvalue weighted by atomic mass is 19.2. The normalized spacial score (nSPS) is 35.1.